The highest BCUT2D eigenvalue weighted by Crippen LogP contribution is 2.22. The number of nitrogens with zero attached hydrogens (tertiary/aromatic N) is 3. The molecule has 0 fully saturated rings. The molecule has 0 aliphatic heterocycles. The summed E-state index contributed by atoms with van der Waals surface area (Å²) in [6.07, 6.45) is 6.43. The van der Waals surface area contributed by atoms with Crippen LogP contribution in [-0.4, -0.2) is 20.7 Å². The van der Waals surface area contributed by atoms with E-state index in [1.807, 2.05) is 57.2 Å². The third kappa shape index (κ3) is 6.91. The lowest BCUT2D eigenvalue weighted by Gasteiger charge is -2.10. The molecule has 2 aromatic heterocycles. The van der Waals surface area contributed by atoms with Crippen molar-refractivity contribution < 1.29 is 4.79 Å². The highest BCUT2D eigenvalue weighted by molar-refractivity contribution is 5.95. The number of hydrogen-bond donors (Lipinski definition) is 1. The number of rotatable bonds is 4. The van der Waals surface area contributed by atoms with E-state index in [-0.39, 0.29) is 5.78 Å². The van der Waals surface area contributed by atoms with Crippen LogP contribution in [0.5, 0.6) is 0 Å². The molecule has 28 heavy (non-hydrogen) atoms. The van der Waals surface area contributed by atoms with E-state index in [4.69, 9.17) is 0 Å². The molecule has 0 spiro atoms. The van der Waals surface area contributed by atoms with Gasteiger partial charge in [-0.15, -0.1) is 0 Å². The number of anilines is 2. The van der Waals surface area contributed by atoms with E-state index in [1.54, 1.807) is 25.5 Å². The van der Waals surface area contributed by atoms with Gasteiger partial charge in [0.15, 0.2) is 5.78 Å². The van der Waals surface area contributed by atoms with Gasteiger partial charge in [-0.25, -0.2) is 9.97 Å². The fourth-order valence-corrected chi connectivity index (χ4v) is 2.19. The Bertz CT molecular complexity index is 863. The second-order valence-corrected chi connectivity index (χ2v) is 5.93. The average Bonchev–Trinajstić information content (AvgIpc) is 2.72. The minimum Gasteiger partial charge on any atom is -0.324 e. The first kappa shape index (κ1) is 23.0. The van der Waals surface area contributed by atoms with Gasteiger partial charge in [0.2, 0.25) is 5.95 Å². The zero-order chi connectivity index (χ0) is 20.9. The third-order valence-corrected chi connectivity index (χ3v) is 3.50. The SMILES string of the molecule is CC.CC(=O)c1ccc(C)c(Nc2nccc(-c3cccnc3)n2)c1.CCC. The molecule has 0 amide bonds. The zero-order valence-electron chi connectivity index (χ0n) is 17.7. The molecule has 0 atom stereocenters. The predicted octanol–water partition coefficient (Wildman–Crippen LogP) is 6.24. The molecule has 3 aromatic rings. The summed E-state index contributed by atoms with van der Waals surface area (Å²) in [5.74, 6) is 0.508. The molecular weight excluding hydrogens is 348 g/mol. The van der Waals surface area contributed by atoms with E-state index in [0.29, 0.717) is 11.5 Å². The summed E-state index contributed by atoms with van der Waals surface area (Å²) >= 11 is 0. The smallest absolute Gasteiger partial charge is 0.227 e. The summed E-state index contributed by atoms with van der Waals surface area (Å²) in [5.41, 5.74) is 4.20. The van der Waals surface area contributed by atoms with Gasteiger partial charge in [0.1, 0.15) is 0 Å². The van der Waals surface area contributed by atoms with Crippen molar-refractivity contribution in [2.45, 2.75) is 48.0 Å². The summed E-state index contributed by atoms with van der Waals surface area (Å²) in [7, 11) is 0. The standard InChI is InChI=1S/C18H16N4O.C3H8.C2H6/c1-12-5-6-14(13(2)23)10-17(12)22-18-20-9-7-16(21-18)15-4-3-8-19-11-15;1-3-2;1-2/h3-11H,1-2H3,(H,20,21,22);3H2,1-2H3;1-2H3. The van der Waals surface area contributed by atoms with Crippen molar-refractivity contribution in [1.29, 1.82) is 0 Å². The van der Waals surface area contributed by atoms with E-state index in [2.05, 4.69) is 34.1 Å². The Morgan fingerprint density at radius 2 is 1.79 bits per heavy atom. The molecule has 5 nitrogen and oxygen atoms in total. The third-order valence-electron chi connectivity index (χ3n) is 3.50. The highest BCUT2D eigenvalue weighted by atomic mass is 16.1. The number of Topliss-reactive ketones (excluding diaryl/α,β-unsaturated/α-hetero) is 1. The molecule has 1 aromatic carbocycles. The summed E-state index contributed by atoms with van der Waals surface area (Å²) in [5, 5.41) is 3.18. The fraction of sp³-hybridized carbons (Fsp3) is 0.304. The Labute approximate surface area is 168 Å². The van der Waals surface area contributed by atoms with E-state index in [0.717, 1.165) is 22.5 Å². The van der Waals surface area contributed by atoms with Crippen molar-refractivity contribution in [3.8, 4) is 11.3 Å². The Morgan fingerprint density at radius 1 is 1.07 bits per heavy atom. The Hall–Kier alpha value is -3.08. The maximum absolute atomic E-state index is 11.5. The first-order valence-electron chi connectivity index (χ1n) is 9.67. The van der Waals surface area contributed by atoms with Crippen LogP contribution in [0.1, 0.15) is 57.0 Å². The topological polar surface area (TPSA) is 67.8 Å². The number of hydrogen-bond acceptors (Lipinski definition) is 5. The van der Waals surface area contributed by atoms with Crippen LogP contribution >= 0.6 is 0 Å². The number of aromatic nitrogens is 3. The molecule has 0 aliphatic rings. The largest absolute Gasteiger partial charge is 0.324 e. The molecule has 148 valence electrons. The van der Waals surface area contributed by atoms with E-state index in [1.165, 1.54) is 6.42 Å². The van der Waals surface area contributed by atoms with Gasteiger partial charge in [0.05, 0.1) is 5.69 Å². The Morgan fingerprint density at radius 3 is 2.39 bits per heavy atom. The molecule has 3 rings (SSSR count). The van der Waals surface area contributed by atoms with Crippen LogP contribution in [0, 0.1) is 6.92 Å². The first-order valence-corrected chi connectivity index (χ1v) is 9.67. The van der Waals surface area contributed by atoms with Crippen molar-refractivity contribution >= 4 is 17.4 Å². The van der Waals surface area contributed by atoms with Crippen LogP contribution in [0.15, 0.2) is 55.0 Å². The van der Waals surface area contributed by atoms with Crippen LogP contribution in [-0.2, 0) is 0 Å². The lowest BCUT2D eigenvalue weighted by molar-refractivity contribution is 0.101. The van der Waals surface area contributed by atoms with E-state index in [9.17, 15) is 4.79 Å². The van der Waals surface area contributed by atoms with Crippen LogP contribution in [0.25, 0.3) is 11.3 Å². The summed E-state index contributed by atoms with van der Waals surface area (Å²) in [6, 6.07) is 11.2. The lowest BCUT2D eigenvalue weighted by atomic mass is 10.1. The van der Waals surface area contributed by atoms with E-state index >= 15 is 0 Å². The molecule has 0 aliphatic carbocycles. The molecule has 0 radical (unpaired) electrons. The molecule has 1 N–H and O–H groups in total. The molecule has 0 bridgehead atoms. The maximum Gasteiger partial charge on any atom is 0.227 e. The van der Waals surface area contributed by atoms with Crippen molar-refractivity contribution in [2.75, 3.05) is 5.32 Å². The summed E-state index contributed by atoms with van der Waals surface area (Å²) < 4.78 is 0. The summed E-state index contributed by atoms with van der Waals surface area (Å²) in [4.78, 5) is 24.4. The number of aryl methyl sites for hydroxylation is 1. The molecule has 2 heterocycles. The minimum atomic E-state index is 0.0260. The van der Waals surface area contributed by atoms with Crippen molar-refractivity contribution in [3.63, 3.8) is 0 Å². The predicted molar refractivity (Wildman–Crippen MR) is 117 cm³/mol. The number of nitrogens with one attached hydrogen (secondary N) is 1. The number of benzene rings is 1. The van der Waals surface area contributed by atoms with Crippen LogP contribution < -0.4 is 5.32 Å². The second kappa shape index (κ2) is 12.3. The van der Waals surface area contributed by atoms with Gasteiger partial charge >= 0.3 is 0 Å². The molecule has 0 saturated carbocycles. The average molecular weight is 379 g/mol. The second-order valence-electron chi connectivity index (χ2n) is 5.93. The molecule has 0 unspecified atom stereocenters. The monoisotopic (exact) mass is 378 g/mol. The van der Waals surface area contributed by atoms with Crippen molar-refractivity contribution in [3.05, 3.63) is 66.1 Å². The summed E-state index contributed by atoms with van der Waals surface area (Å²) in [6.45, 7) is 11.8. The zero-order valence-corrected chi connectivity index (χ0v) is 17.7. The van der Waals surface area contributed by atoms with Crippen LogP contribution in [0.4, 0.5) is 11.6 Å². The van der Waals surface area contributed by atoms with Gasteiger partial charge in [-0.2, -0.15) is 0 Å². The van der Waals surface area contributed by atoms with Crippen molar-refractivity contribution in [1.82, 2.24) is 15.0 Å². The van der Waals surface area contributed by atoms with E-state index < -0.39 is 0 Å². The fourth-order valence-electron chi connectivity index (χ4n) is 2.19. The van der Waals surface area contributed by atoms with Gasteiger partial charge in [0.25, 0.3) is 0 Å². The highest BCUT2D eigenvalue weighted by Gasteiger charge is 2.07. The normalized spacial score (nSPS) is 9.36. The van der Waals surface area contributed by atoms with Gasteiger partial charge in [0, 0.05) is 35.4 Å². The lowest BCUT2D eigenvalue weighted by Crippen LogP contribution is -2.01. The Kier molecular flexibility index (Phi) is 10.1. The van der Waals surface area contributed by atoms with Gasteiger partial charge in [-0.05, 0) is 43.7 Å². The minimum absolute atomic E-state index is 0.0260. The maximum atomic E-state index is 11.5. The molecule has 5 heteroatoms. The number of carbonyl (C=O) groups excluding carboxylic acids is 1. The van der Waals surface area contributed by atoms with Gasteiger partial charge < -0.3 is 5.32 Å². The van der Waals surface area contributed by atoms with Gasteiger partial charge in [-0.3, -0.25) is 9.78 Å². The van der Waals surface area contributed by atoms with Crippen molar-refractivity contribution in [2.24, 2.45) is 0 Å². The first-order chi connectivity index (χ1) is 13.5. The molecule has 0 saturated heterocycles. The van der Waals surface area contributed by atoms with Crippen LogP contribution in [0.2, 0.25) is 0 Å². The quantitative estimate of drug-likeness (QED) is 0.545. The Balaban J connectivity index is 0.000000717. The number of pyridine rings is 1. The number of carbonyl (C=O) groups is 1. The van der Waals surface area contributed by atoms with Gasteiger partial charge in [-0.1, -0.05) is 46.2 Å². The molecular formula is C23H30N4O. The number of ketones is 1. The van der Waals surface area contributed by atoms with Crippen LogP contribution in [0.3, 0.4) is 0 Å².